The van der Waals surface area contributed by atoms with Gasteiger partial charge in [-0.25, -0.2) is 0 Å². The van der Waals surface area contributed by atoms with Crippen LogP contribution in [-0.4, -0.2) is 19.5 Å². The van der Waals surface area contributed by atoms with Gasteiger partial charge in [0.2, 0.25) is 0 Å². The third-order valence-corrected chi connectivity index (χ3v) is 3.32. The van der Waals surface area contributed by atoms with Crippen LogP contribution in [0.4, 0.5) is 0 Å². The van der Waals surface area contributed by atoms with Crippen molar-refractivity contribution in [1.82, 2.24) is 0 Å². The Morgan fingerprint density at radius 3 is 2.84 bits per heavy atom. The van der Waals surface area contributed by atoms with E-state index in [9.17, 15) is 0 Å². The van der Waals surface area contributed by atoms with Crippen molar-refractivity contribution < 1.29 is 9.47 Å². The van der Waals surface area contributed by atoms with E-state index in [0.717, 1.165) is 32.5 Å². The third-order valence-electron chi connectivity index (χ3n) is 3.32. The quantitative estimate of drug-likeness (QED) is 0.676. The van der Waals surface area contributed by atoms with E-state index in [2.05, 4.69) is 36.4 Å². The number of allylic oxidation sites excluding steroid dienone is 1. The van der Waals surface area contributed by atoms with Crippen LogP contribution in [0.2, 0.25) is 0 Å². The van der Waals surface area contributed by atoms with Gasteiger partial charge in [0.15, 0.2) is 6.29 Å². The molecule has 0 spiro atoms. The maximum atomic E-state index is 5.70. The molecule has 1 unspecified atom stereocenters. The van der Waals surface area contributed by atoms with E-state index in [-0.39, 0.29) is 6.29 Å². The Labute approximate surface area is 116 Å². The molecule has 1 fully saturated rings. The van der Waals surface area contributed by atoms with Crippen LogP contribution < -0.4 is 0 Å². The van der Waals surface area contributed by atoms with Crippen LogP contribution in [0.3, 0.4) is 0 Å². The van der Waals surface area contributed by atoms with Crippen molar-refractivity contribution in [2.45, 2.75) is 44.8 Å². The molecule has 2 rings (SSSR count). The molecule has 0 bridgehead atoms. The first-order chi connectivity index (χ1) is 9.45. The molecule has 1 aromatic rings. The Bertz CT molecular complexity index is 353. The summed E-state index contributed by atoms with van der Waals surface area (Å²) in [5.41, 5.74) is 1.27. The molecule has 2 nitrogen and oxygen atoms in total. The zero-order chi connectivity index (χ0) is 13.2. The molecule has 0 amide bonds. The minimum atomic E-state index is 0.0635. The highest BCUT2D eigenvalue weighted by atomic mass is 16.7. The summed E-state index contributed by atoms with van der Waals surface area (Å²) >= 11 is 0. The van der Waals surface area contributed by atoms with Gasteiger partial charge in [0.05, 0.1) is 0 Å². The van der Waals surface area contributed by atoms with Gasteiger partial charge in [-0.3, -0.25) is 0 Å². The van der Waals surface area contributed by atoms with E-state index in [1.165, 1.54) is 24.8 Å². The molecule has 1 heterocycles. The van der Waals surface area contributed by atoms with Crippen molar-refractivity contribution in [3.63, 3.8) is 0 Å². The van der Waals surface area contributed by atoms with E-state index in [4.69, 9.17) is 9.47 Å². The van der Waals surface area contributed by atoms with Crippen molar-refractivity contribution in [1.29, 1.82) is 0 Å². The lowest BCUT2D eigenvalue weighted by Gasteiger charge is -2.22. The molecule has 19 heavy (non-hydrogen) atoms. The first-order valence-corrected chi connectivity index (χ1v) is 7.40. The van der Waals surface area contributed by atoms with Crippen molar-refractivity contribution >= 4 is 6.08 Å². The Morgan fingerprint density at radius 1 is 1.16 bits per heavy atom. The number of hydrogen-bond donors (Lipinski definition) is 0. The topological polar surface area (TPSA) is 18.5 Å². The Kier molecular flexibility index (Phi) is 6.69. The van der Waals surface area contributed by atoms with Crippen LogP contribution in [0.5, 0.6) is 0 Å². The lowest BCUT2D eigenvalue weighted by Crippen LogP contribution is -2.22. The van der Waals surface area contributed by atoms with Gasteiger partial charge in [0.1, 0.15) is 0 Å². The zero-order valence-corrected chi connectivity index (χ0v) is 11.6. The van der Waals surface area contributed by atoms with E-state index in [0.29, 0.717) is 0 Å². The van der Waals surface area contributed by atoms with Gasteiger partial charge in [-0.2, -0.15) is 0 Å². The van der Waals surface area contributed by atoms with Crippen molar-refractivity contribution in [3.8, 4) is 0 Å². The molecule has 1 atom stereocenters. The lowest BCUT2D eigenvalue weighted by molar-refractivity contribution is -0.162. The summed E-state index contributed by atoms with van der Waals surface area (Å²) in [4.78, 5) is 0. The number of benzene rings is 1. The van der Waals surface area contributed by atoms with Crippen molar-refractivity contribution in [3.05, 3.63) is 42.0 Å². The van der Waals surface area contributed by atoms with Crippen molar-refractivity contribution in [2.24, 2.45) is 0 Å². The standard InChI is InChI=1S/C17H24O2/c1(4-10-16-11-5-3-6-12-16)2-8-14-18-17-13-7-9-15-19-17/h3-6,10-12,17H,1-2,7-9,13-15H2/b10-4+. The fraction of sp³-hybridized carbons (Fsp3) is 0.529. The van der Waals surface area contributed by atoms with Gasteiger partial charge >= 0.3 is 0 Å². The second kappa shape index (κ2) is 8.89. The highest BCUT2D eigenvalue weighted by Crippen LogP contribution is 2.14. The third kappa shape index (κ3) is 6.04. The lowest BCUT2D eigenvalue weighted by atomic mass is 10.1. The Morgan fingerprint density at radius 2 is 2.05 bits per heavy atom. The van der Waals surface area contributed by atoms with Gasteiger partial charge < -0.3 is 9.47 Å². The van der Waals surface area contributed by atoms with Crippen LogP contribution >= 0.6 is 0 Å². The first kappa shape index (κ1) is 14.3. The monoisotopic (exact) mass is 260 g/mol. The van der Waals surface area contributed by atoms with Gasteiger partial charge in [-0.05, 0) is 44.1 Å². The Hall–Kier alpha value is -1.12. The molecule has 0 aliphatic carbocycles. The zero-order valence-electron chi connectivity index (χ0n) is 11.6. The first-order valence-electron chi connectivity index (χ1n) is 7.40. The largest absolute Gasteiger partial charge is 0.353 e. The maximum absolute atomic E-state index is 5.70. The average Bonchev–Trinajstić information content (AvgIpc) is 2.48. The van der Waals surface area contributed by atoms with Gasteiger partial charge in [0.25, 0.3) is 0 Å². The molecular weight excluding hydrogens is 236 g/mol. The van der Waals surface area contributed by atoms with E-state index in [1.54, 1.807) is 0 Å². The molecule has 1 aliphatic rings. The van der Waals surface area contributed by atoms with Gasteiger partial charge in [-0.1, -0.05) is 42.5 Å². The summed E-state index contributed by atoms with van der Waals surface area (Å²) in [7, 11) is 0. The fourth-order valence-electron chi connectivity index (χ4n) is 2.21. The SMILES string of the molecule is C(=C\c1ccccc1)/CCCCOC1CCCCO1. The summed E-state index contributed by atoms with van der Waals surface area (Å²) in [5.74, 6) is 0. The summed E-state index contributed by atoms with van der Waals surface area (Å²) in [6, 6.07) is 10.4. The number of unbranched alkanes of at least 4 members (excludes halogenated alkanes) is 2. The molecule has 104 valence electrons. The van der Waals surface area contributed by atoms with Crippen LogP contribution in [0.1, 0.15) is 44.1 Å². The second-order valence-electron chi connectivity index (χ2n) is 4.98. The molecule has 0 aromatic heterocycles. The molecule has 1 aliphatic heterocycles. The van der Waals surface area contributed by atoms with Crippen LogP contribution in [0.15, 0.2) is 36.4 Å². The molecule has 0 saturated carbocycles. The minimum Gasteiger partial charge on any atom is -0.353 e. The average molecular weight is 260 g/mol. The predicted molar refractivity (Wildman–Crippen MR) is 78.9 cm³/mol. The summed E-state index contributed by atoms with van der Waals surface area (Å²) in [6.45, 7) is 1.69. The predicted octanol–water partition coefficient (Wildman–Crippen LogP) is 4.41. The second-order valence-corrected chi connectivity index (χ2v) is 4.98. The number of rotatable bonds is 7. The van der Waals surface area contributed by atoms with E-state index >= 15 is 0 Å². The normalized spacial score (nSPS) is 19.9. The summed E-state index contributed by atoms with van der Waals surface area (Å²) in [5, 5.41) is 0. The molecule has 1 saturated heterocycles. The molecule has 2 heteroatoms. The van der Waals surface area contributed by atoms with Crippen molar-refractivity contribution in [2.75, 3.05) is 13.2 Å². The van der Waals surface area contributed by atoms with Gasteiger partial charge in [-0.15, -0.1) is 0 Å². The van der Waals surface area contributed by atoms with Crippen LogP contribution in [0, 0.1) is 0 Å². The van der Waals surface area contributed by atoms with Gasteiger partial charge in [0, 0.05) is 13.2 Å². The molecular formula is C17H24O2. The van der Waals surface area contributed by atoms with Crippen LogP contribution in [0.25, 0.3) is 6.08 Å². The molecule has 0 N–H and O–H groups in total. The number of ether oxygens (including phenoxy) is 2. The Balaban J connectivity index is 1.49. The minimum absolute atomic E-state index is 0.0635. The number of hydrogen-bond acceptors (Lipinski definition) is 2. The van der Waals surface area contributed by atoms with E-state index < -0.39 is 0 Å². The summed E-state index contributed by atoms with van der Waals surface area (Å²) in [6.07, 6.45) is 11.4. The summed E-state index contributed by atoms with van der Waals surface area (Å²) < 4.78 is 11.2. The highest BCUT2D eigenvalue weighted by molar-refractivity contribution is 5.48. The highest BCUT2D eigenvalue weighted by Gasteiger charge is 2.12. The fourth-order valence-corrected chi connectivity index (χ4v) is 2.21. The smallest absolute Gasteiger partial charge is 0.157 e. The van der Waals surface area contributed by atoms with E-state index in [1.807, 2.05) is 6.07 Å². The maximum Gasteiger partial charge on any atom is 0.157 e. The molecule has 0 radical (unpaired) electrons. The molecule has 1 aromatic carbocycles. The van der Waals surface area contributed by atoms with Crippen LogP contribution in [-0.2, 0) is 9.47 Å².